The smallest absolute Gasteiger partial charge is 0.266 e. The number of sulfonamides is 1. The van der Waals surface area contributed by atoms with Crippen LogP contribution in [-0.2, 0) is 23.0 Å². The lowest BCUT2D eigenvalue weighted by atomic mass is 10.1. The standard InChI is InChI=1S/C14H17BrN2O3S/c1-3-10-5-4-6-11(7-10)17-21(18,19)13-8-12(9-16-2)20-14(13)15/h4-8,16-17H,3,9H2,1-2H3. The van der Waals surface area contributed by atoms with Crippen molar-refractivity contribution in [3.63, 3.8) is 0 Å². The summed E-state index contributed by atoms with van der Waals surface area (Å²) in [6, 6.07) is 8.83. The molecule has 0 bridgehead atoms. The van der Waals surface area contributed by atoms with Gasteiger partial charge in [0.1, 0.15) is 10.7 Å². The number of benzene rings is 1. The minimum Gasteiger partial charge on any atom is -0.451 e. The minimum atomic E-state index is -3.68. The first kappa shape index (κ1) is 16.1. The maximum Gasteiger partial charge on any atom is 0.266 e. The third kappa shape index (κ3) is 3.87. The van der Waals surface area contributed by atoms with E-state index in [1.165, 1.54) is 6.07 Å². The van der Waals surface area contributed by atoms with E-state index in [1.54, 1.807) is 13.1 Å². The van der Waals surface area contributed by atoms with E-state index in [9.17, 15) is 8.42 Å². The Morgan fingerprint density at radius 3 is 2.71 bits per heavy atom. The van der Waals surface area contributed by atoms with Crippen LogP contribution in [-0.4, -0.2) is 15.5 Å². The monoisotopic (exact) mass is 372 g/mol. The average molecular weight is 373 g/mol. The van der Waals surface area contributed by atoms with Crippen LogP contribution < -0.4 is 10.0 Å². The summed E-state index contributed by atoms with van der Waals surface area (Å²) >= 11 is 3.15. The van der Waals surface area contributed by atoms with Crippen molar-refractivity contribution in [1.29, 1.82) is 0 Å². The van der Waals surface area contributed by atoms with E-state index in [2.05, 4.69) is 26.0 Å². The molecule has 0 amide bonds. The van der Waals surface area contributed by atoms with Gasteiger partial charge in [0.2, 0.25) is 0 Å². The van der Waals surface area contributed by atoms with Gasteiger partial charge in [-0.05, 0) is 47.1 Å². The Kier molecular flexibility index (Phi) is 5.08. The summed E-state index contributed by atoms with van der Waals surface area (Å²) in [7, 11) is -1.92. The van der Waals surface area contributed by atoms with Gasteiger partial charge in [-0.15, -0.1) is 0 Å². The third-order valence-electron chi connectivity index (χ3n) is 2.93. The molecule has 0 fully saturated rings. The van der Waals surface area contributed by atoms with Gasteiger partial charge >= 0.3 is 0 Å². The lowest BCUT2D eigenvalue weighted by molar-refractivity contribution is 0.470. The van der Waals surface area contributed by atoms with Crippen molar-refractivity contribution in [3.05, 3.63) is 46.3 Å². The van der Waals surface area contributed by atoms with Crippen molar-refractivity contribution in [2.45, 2.75) is 24.8 Å². The fraction of sp³-hybridized carbons (Fsp3) is 0.286. The highest BCUT2D eigenvalue weighted by molar-refractivity contribution is 9.10. The van der Waals surface area contributed by atoms with E-state index in [1.807, 2.05) is 25.1 Å². The second kappa shape index (κ2) is 6.64. The van der Waals surface area contributed by atoms with Crippen LogP contribution in [0.3, 0.4) is 0 Å². The Balaban J connectivity index is 2.29. The normalized spacial score (nSPS) is 11.6. The van der Waals surface area contributed by atoms with Gasteiger partial charge in [0, 0.05) is 11.8 Å². The molecule has 7 heteroatoms. The Labute approximate surface area is 132 Å². The highest BCUT2D eigenvalue weighted by atomic mass is 79.9. The van der Waals surface area contributed by atoms with Gasteiger partial charge in [0.05, 0.1) is 6.54 Å². The first-order valence-corrected chi connectivity index (χ1v) is 8.78. The third-order valence-corrected chi connectivity index (χ3v) is 5.17. The molecule has 2 rings (SSSR count). The van der Waals surface area contributed by atoms with Gasteiger partial charge in [0.25, 0.3) is 10.0 Å². The molecule has 1 heterocycles. The molecule has 0 radical (unpaired) electrons. The summed E-state index contributed by atoms with van der Waals surface area (Å²) < 4.78 is 33.0. The molecule has 0 unspecified atom stereocenters. The molecule has 2 N–H and O–H groups in total. The highest BCUT2D eigenvalue weighted by Crippen LogP contribution is 2.28. The van der Waals surface area contributed by atoms with E-state index in [4.69, 9.17) is 4.42 Å². The summed E-state index contributed by atoms with van der Waals surface area (Å²) in [6.07, 6.45) is 0.845. The topological polar surface area (TPSA) is 71.3 Å². The molecule has 5 nitrogen and oxygen atoms in total. The highest BCUT2D eigenvalue weighted by Gasteiger charge is 2.22. The van der Waals surface area contributed by atoms with Crippen LogP contribution in [0.25, 0.3) is 0 Å². The number of rotatable bonds is 6. The lowest BCUT2D eigenvalue weighted by Gasteiger charge is -2.07. The first-order chi connectivity index (χ1) is 9.96. The van der Waals surface area contributed by atoms with Gasteiger partial charge in [-0.3, -0.25) is 4.72 Å². The molecule has 0 aliphatic carbocycles. The van der Waals surface area contributed by atoms with Crippen molar-refractivity contribution in [2.75, 3.05) is 11.8 Å². The number of nitrogens with one attached hydrogen (secondary N) is 2. The number of halogens is 1. The van der Waals surface area contributed by atoms with E-state index in [-0.39, 0.29) is 9.56 Å². The number of anilines is 1. The van der Waals surface area contributed by atoms with Crippen LogP contribution in [0.2, 0.25) is 0 Å². The molecule has 2 aromatic rings. The molecule has 0 atom stereocenters. The molecule has 21 heavy (non-hydrogen) atoms. The van der Waals surface area contributed by atoms with E-state index in [0.29, 0.717) is 18.0 Å². The predicted molar refractivity (Wildman–Crippen MR) is 85.8 cm³/mol. The summed E-state index contributed by atoms with van der Waals surface area (Å²) in [5.41, 5.74) is 1.61. The Morgan fingerprint density at radius 1 is 1.29 bits per heavy atom. The zero-order chi connectivity index (χ0) is 15.5. The Morgan fingerprint density at radius 2 is 2.05 bits per heavy atom. The lowest BCUT2D eigenvalue weighted by Crippen LogP contribution is -2.13. The molecule has 0 spiro atoms. The molecule has 114 valence electrons. The fourth-order valence-corrected chi connectivity index (χ4v) is 3.96. The minimum absolute atomic E-state index is 0.0923. The summed E-state index contributed by atoms with van der Waals surface area (Å²) in [4.78, 5) is 0.0923. The molecular formula is C14H17BrN2O3S. The van der Waals surface area contributed by atoms with E-state index in [0.717, 1.165) is 12.0 Å². The van der Waals surface area contributed by atoms with Crippen LogP contribution in [0.4, 0.5) is 5.69 Å². The summed E-state index contributed by atoms with van der Waals surface area (Å²) in [5.74, 6) is 0.548. The van der Waals surface area contributed by atoms with Crippen LogP contribution in [0.1, 0.15) is 18.2 Å². The molecule has 1 aromatic carbocycles. The summed E-state index contributed by atoms with van der Waals surface area (Å²) in [6.45, 7) is 2.48. The van der Waals surface area contributed by atoms with Crippen LogP contribution in [0.15, 0.2) is 44.3 Å². The number of aryl methyl sites for hydroxylation is 1. The zero-order valence-corrected chi connectivity index (χ0v) is 14.2. The fourth-order valence-electron chi connectivity index (χ4n) is 1.91. The van der Waals surface area contributed by atoms with Crippen molar-refractivity contribution in [3.8, 4) is 0 Å². The maximum absolute atomic E-state index is 12.4. The predicted octanol–water partition coefficient (Wildman–Crippen LogP) is 3.12. The van der Waals surface area contributed by atoms with Crippen molar-refractivity contribution in [2.24, 2.45) is 0 Å². The Hall–Kier alpha value is -1.31. The van der Waals surface area contributed by atoms with Crippen molar-refractivity contribution in [1.82, 2.24) is 5.32 Å². The molecule has 1 aromatic heterocycles. The Bertz CT molecular complexity index is 726. The molecule has 0 saturated carbocycles. The quantitative estimate of drug-likeness (QED) is 0.816. The molecule has 0 aliphatic rings. The molecular weight excluding hydrogens is 356 g/mol. The van der Waals surface area contributed by atoms with E-state index >= 15 is 0 Å². The maximum atomic E-state index is 12.4. The average Bonchev–Trinajstić information content (AvgIpc) is 2.81. The van der Waals surface area contributed by atoms with Gasteiger partial charge in [-0.25, -0.2) is 8.42 Å². The zero-order valence-electron chi connectivity index (χ0n) is 11.8. The second-order valence-electron chi connectivity index (χ2n) is 4.54. The second-order valence-corrected chi connectivity index (χ2v) is 6.91. The first-order valence-electron chi connectivity index (χ1n) is 6.51. The van der Waals surface area contributed by atoms with E-state index < -0.39 is 10.0 Å². The van der Waals surface area contributed by atoms with Crippen LogP contribution >= 0.6 is 15.9 Å². The SMILES string of the molecule is CCc1cccc(NS(=O)(=O)c2cc(CNC)oc2Br)c1. The van der Waals surface area contributed by atoms with Crippen molar-refractivity contribution >= 4 is 31.6 Å². The largest absolute Gasteiger partial charge is 0.451 e. The van der Waals surface area contributed by atoms with Gasteiger partial charge in [-0.2, -0.15) is 0 Å². The molecule has 0 aliphatic heterocycles. The van der Waals surface area contributed by atoms with Crippen LogP contribution in [0.5, 0.6) is 0 Å². The number of hydrogen-bond acceptors (Lipinski definition) is 4. The van der Waals surface area contributed by atoms with Crippen molar-refractivity contribution < 1.29 is 12.8 Å². The van der Waals surface area contributed by atoms with Crippen LogP contribution in [0, 0.1) is 0 Å². The van der Waals surface area contributed by atoms with Gasteiger partial charge < -0.3 is 9.73 Å². The summed E-state index contributed by atoms with van der Waals surface area (Å²) in [5, 5.41) is 2.91. The van der Waals surface area contributed by atoms with Gasteiger partial charge in [-0.1, -0.05) is 19.1 Å². The number of hydrogen-bond donors (Lipinski definition) is 2. The molecule has 0 saturated heterocycles. The van der Waals surface area contributed by atoms with Gasteiger partial charge in [0.15, 0.2) is 4.67 Å². The number of furan rings is 1.